The third-order valence-corrected chi connectivity index (χ3v) is 2.80. The number of hydrogen-bond acceptors (Lipinski definition) is 1. The molecular formula is C10H21N. The van der Waals surface area contributed by atoms with E-state index in [9.17, 15) is 0 Å². The lowest BCUT2D eigenvalue weighted by Gasteiger charge is -2.24. The van der Waals surface area contributed by atoms with E-state index in [1.165, 1.54) is 25.7 Å². The molecule has 0 aliphatic heterocycles. The van der Waals surface area contributed by atoms with Crippen molar-refractivity contribution in [3.63, 3.8) is 0 Å². The molecular weight excluding hydrogens is 134 g/mol. The number of hydrogen-bond donors (Lipinski definition) is 1. The van der Waals surface area contributed by atoms with Gasteiger partial charge in [0.2, 0.25) is 0 Å². The topological polar surface area (TPSA) is 26.0 Å². The molecule has 0 heterocycles. The molecule has 0 aromatic carbocycles. The smallest absolute Gasteiger partial charge is 0.00415 e. The number of rotatable bonds is 0. The van der Waals surface area contributed by atoms with Crippen molar-refractivity contribution in [3.8, 4) is 0 Å². The van der Waals surface area contributed by atoms with Gasteiger partial charge < -0.3 is 5.73 Å². The number of nitrogens with two attached hydrogens (primary N) is 1. The Labute approximate surface area is 70.4 Å². The summed E-state index contributed by atoms with van der Waals surface area (Å²) in [5, 5.41) is 0. The highest BCUT2D eigenvalue weighted by Crippen LogP contribution is 2.36. The van der Waals surface area contributed by atoms with Crippen LogP contribution in [0.2, 0.25) is 0 Å². The molecule has 0 aromatic rings. The van der Waals surface area contributed by atoms with Crippen molar-refractivity contribution in [1.82, 2.24) is 0 Å². The van der Waals surface area contributed by atoms with Gasteiger partial charge in [-0.1, -0.05) is 20.8 Å². The summed E-state index contributed by atoms with van der Waals surface area (Å²) in [7, 11) is 0. The molecule has 1 rings (SSSR count). The lowest BCUT2D eigenvalue weighted by Crippen LogP contribution is -2.20. The largest absolute Gasteiger partial charge is 0.328 e. The lowest BCUT2D eigenvalue weighted by molar-refractivity contribution is 0.277. The molecule has 2 atom stereocenters. The predicted molar refractivity (Wildman–Crippen MR) is 49.4 cm³/mol. The van der Waals surface area contributed by atoms with Gasteiger partial charge in [-0.05, 0) is 37.0 Å². The van der Waals surface area contributed by atoms with Gasteiger partial charge in [0.25, 0.3) is 0 Å². The lowest BCUT2D eigenvalue weighted by atomic mass is 9.82. The van der Waals surface area contributed by atoms with Crippen molar-refractivity contribution in [2.75, 3.05) is 0 Å². The highest BCUT2D eigenvalue weighted by Gasteiger charge is 2.26. The van der Waals surface area contributed by atoms with Crippen LogP contribution < -0.4 is 5.73 Å². The molecule has 0 bridgehead atoms. The minimum Gasteiger partial charge on any atom is -0.328 e. The summed E-state index contributed by atoms with van der Waals surface area (Å²) in [6.07, 6.45) is 5.10. The highest BCUT2D eigenvalue weighted by atomic mass is 14.6. The van der Waals surface area contributed by atoms with E-state index >= 15 is 0 Å². The van der Waals surface area contributed by atoms with Crippen LogP contribution in [0.3, 0.4) is 0 Å². The third-order valence-electron chi connectivity index (χ3n) is 2.80. The Morgan fingerprint density at radius 2 is 2.00 bits per heavy atom. The van der Waals surface area contributed by atoms with E-state index in [1.54, 1.807) is 0 Å². The van der Waals surface area contributed by atoms with Crippen LogP contribution in [0.25, 0.3) is 0 Å². The summed E-state index contributed by atoms with van der Waals surface area (Å²) in [5.74, 6) is 0.822. The van der Waals surface area contributed by atoms with Crippen molar-refractivity contribution >= 4 is 0 Å². The first-order valence-corrected chi connectivity index (χ1v) is 4.75. The molecule has 0 radical (unpaired) electrons. The fourth-order valence-corrected chi connectivity index (χ4v) is 2.34. The molecule has 1 heteroatoms. The maximum atomic E-state index is 5.95. The zero-order chi connectivity index (χ0) is 8.48. The summed E-state index contributed by atoms with van der Waals surface area (Å²) in [6, 6.07) is 0.465. The van der Waals surface area contributed by atoms with Crippen LogP contribution in [-0.2, 0) is 0 Å². The molecule has 66 valence electrons. The molecule has 1 aliphatic carbocycles. The first kappa shape index (κ1) is 9.05. The van der Waals surface area contributed by atoms with Gasteiger partial charge in [0.05, 0.1) is 0 Å². The van der Waals surface area contributed by atoms with Crippen LogP contribution in [0, 0.1) is 11.3 Å². The summed E-state index contributed by atoms with van der Waals surface area (Å²) in [5.41, 5.74) is 6.48. The zero-order valence-corrected chi connectivity index (χ0v) is 8.06. The van der Waals surface area contributed by atoms with Gasteiger partial charge >= 0.3 is 0 Å². The Balaban J connectivity index is 2.53. The molecule has 2 N–H and O–H groups in total. The fraction of sp³-hybridized carbons (Fsp3) is 1.00. The van der Waals surface area contributed by atoms with E-state index in [4.69, 9.17) is 5.73 Å². The molecule has 1 nitrogen and oxygen atoms in total. The van der Waals surface area contributed by atoms with Gasteiger partial charge in [-0.25, -0.2) is 0 Å². The van der Waals surface area contributed by atoms with Crippen molar-refractivity contribution in [2.45, 2.75) is 52.5 Å². The Morgan fingerprint density at radius 3 is 2.64 bits per heavy atom. The Bertz CT molecular complexity index is 129. The second-order valence-electron chi connectivity index (χ2n) is 5.01. The van der Waals surface area contributed by atoms with Crippen LogP contribution in [0.4, 0.5) is 0 Å². The van der Waals surface area contributed by atoms with Crippen LogP contribution in [-0.4, -0.2) is 6.04 Å². The van der Waals surface area contributed by atoms with Gasteiger partial charge in [-0.2, -0.15) is 0 Å². The van der Waals surface area contributed by atoms with Crippen molar-refractivity contribution in [1.29, 1.82) is 0 Å². The normalized spacial score (nSPS) is 38.2. The molecule has 1 saturated carbocycles. The van der Waals surface area contributed by atoms with Gasteiger partial charge in [0.1, 0.15) is 0 Å². The van der Waals surface area contributed by atoms with E-state index in [1.807, 2.05) is 0 Å². The standard InChI is InChI=1S/C10H21N/c1-8-6-9(11)4-5-10(2,3)7-8/h8-9H,4-7,11H2,1-3H3. The summed E-state index contributed by atoms with van der Waals surface area (Å²) in [4.78, 5) is 0. The van der Waals surface area contributed by atoms with E-state index in [2.05, 4.69) is 20.8 Å². The van der Waals surface area contributed by atoms with E-state index in [-0.39, 0.29) is 0 Å². The van der Waals surface area contributed by atoms with Gasteiger partial charge in [-0.15, -0.1) is 0 Å². The molecule has 0 amide bonds. The molecule has 1 aliphatic rings. The quantitative estimate of drug-likeness (QED) is 0.534. The fourth-order valence-electron chi connectivity index (χ4n) is 2.34. The van der Waals surface area contributed by atoms with E-state index in [0.29, 0.717) is 11.5 Å². The predicted octanol–water partition coefficient (Wildman–Crippen LogP) is 2.55. The molecule has 11 heavy (non-hydrogen) atoms. The monoisotopic (exact) mass is 155 g/mol. The zero-order valence-electron chi connectivity index (χ0n) is 8.06. The molecule has 2 unspecified atom stereocenters. The average Bonchev–Trinajstić information content (AvgIpc) is 1.90. The Morgan fingerprint density at radius 1 is 1.36 bits per heavy atom. The summed E-state index contributed by atoms with van der Waals surface area (Å²) >= 11 is 0. The second-order valence-corrected chi connectivity index (χ2v) is 5.01. The van der Waals surface area contributed by atoms with Gasteiger partial charge in [0, 0.05) is 6.04 Å². The van der Waals surface area contributed by atoms with Crippen LogP contribution in [0.15, 0.2) is 0 Å². The molecule has 0 saturated heterocycles. The first-order valence-electron chi connectivity index (χ1n) is 4.75. The van der Waals surface area contributed by atoms with Crippen LogP contribution in [0.5, 0.6) is 0 Å². The Kier molecular flexibility index (Phi) is 2.58. The Hall–Kier alpha value is -0.0400. The average molecular weight is 155 g/mol. The van der Waals surface area contributed by atoms with Crippen LogP contribution in [0.1, 0.15) is 46.5 Å². The minimum absolute atomic E-state index is 0.465. The van der Waals surface area contributed by atoms with Crippen molar-refractivity contribution in [3.05, 3.63) is 0 Å². The second kappa shape index (κ2) is 3.14. The van der Waals surface area contributed by atoms with Crippen molar-refractivity contribution in [2.24, 2.45) is 17.1 Å². The van der Waals surface area contributed by atoms with Crippen LogP contribution >= 0.6 is 0 Å². The van der Waals surface area contributed by atoms with E-state index < -0.39 is 0 Å². The van der Waals surface area contributed by atoms with Gasteiger partial charge in [-0.3, -0.25) is 0 Å². The SMILES string of the molecule is CC1CC(N)CCC(C)(C)C1. The maximum absolute atomic E-state index is 5.95. The minimum atomic E-state index is 0.465. The molecule has 0 aromatic heterocycles. The first-order chi connectivity index (χ1) is 4.99. The van der Waals surface area contributed by atoms with Gasteiger partial charge in [0.15, 0.2) is 0 Å². The highest BCUT2D eigenvalue weighted by molar-refractivity contribution is 4.80. The summed E-state index contributed by atoms with van der Waals surface area (Å²) < 4.78 is 0. The van der Waals surface area contributed by atoms with E-state index in [0.717, 1.165) is 5.92 Å². The molecule has 1 fully saturated rings. The maximum Gasteiger partial charge on any atom is 0.00415 e. The van der Waals surface area contributed by atoms with Crippen molar-refractivity contribution < 1.29 is 0 Å². The summed E-state index contributed by atoms with van der Waals surface area (Å²) in [6.45, 7) is 7.05. The third kappa shape index (κ3) is 2.82. The molecule has 0 spiro atoms.